The minimum atomic E-state index is -0.428. The zero-order valence-corrected chi connectivity index (χ0v) is 13.8. The third kappa shape index (κ3) is 6.40. The highest BCUT2D eigenvalue weighted by molar-refractivity contribution is 6.00. The van der Waals surface area contributed by atoms with Crippen LogP contribution in [0.2, 0.25) is 0 Å². The second-order valence-corrected chi connectivity index (χ2v) is 4.90. The molecule has 0 radical (unpaired) electrons. The number of aliphatic imine (C=N–C) groups is 3. The average molecular weight is 311 g/mol. The molecule has 4 N–H and O–H groups in total. The molecular weight excluding hydrogens is 286 g/mol. The van der Waals surface area contributed by atoms with E-state index in [1.807, 2.05) is 37.3 Å². The van der Waals surface area contributed by atoms with Gasteiger partial charge in [-0.15, -0.1) is 0 Å². The van der Waals surface area contributed by atoms with Gasteiger partial charge in [-0.25, -0.2) is 0 Å². The standard InChI is InChI=1S/C18H25N5/c1-4-14(16(19)11-12-21-2)13-23-18(20)10-9-15-7-5-6-8-17(15)22-3/h5-13,15,18H,2,4,19-20H2,1,3H3/b10-9?,12-11-,16-14-,22-17?,23-13+. The number of hydrogen-bond acceptors (Lipinski definition) is 5. The topological polar surface area (TPSA) is 89.1 Å². The van der Waals surface area contributed by atoms with Gasteiger partial charge in [-0.3, -0.25) is 15.0 Å². The summed E-state index contributed by atoms with van der Waals surface area (Å²) in [5.41, 5.74) is 14.5. The smallest absolute Gasteiger partial charge is 0.116 e. The summed E-state index contributed by atoms with van der Waals surface area (Å²) in [6, 6.07) is 0. The van der Waals surface area contributed by atoms with Crippen LogP contribution in [-0.2, 0) is 0 Å². The van der Waals surface area contributed by atoms with Crippen LogP contribution >= 0.6 is 0 Å². The van der Waals surface area contributed by atoms with E-state index in [2.05, 4.69) is 27.8 Å². The van der Waals surface area contributed by atoms with Crippen LogP contribution in [0.25, 0.3) is 0 Å². The quantitative estimate of drug-likeness (QED) is 0.430. The molecule has 5 heteroatoms. The number of nitrogens with two attached hydrogens (primary N) is 2. The van der Waals surface area contributed by atoms with E-state index in [-0.39, 0.29) is 5.92 Å². The Balaban J connectivity index is 2.74. The van der Waals surface area contributed by atoms with Crippen molar-refractivity contribution in [1.29, 1.82) is 0 Å². The van der Waals surface area contributed by atoms with Crippen molar-refractivity contribution in [3.05, 3.63) is 60.0 Å². The molecule has 0 saturated heterocycles. The van der Waals surface area contributed by atoms with Crippen LogP contribution in [0.15, 0.2) is 75.0 Å². The predicted molar refractivity (Wildman–Crippen MR) is 101 cm³/mol. The highest BCUT2D eigenvalue weighted by Crippen LogP contribution is 2.11. The second kappa shape index (κ2) is 10.2. The highest BCUT2D eigenvalue weighted by atomic mass is 14.9. The fourth-order valence-electron chi connectivity index (χ4n) is 2.00. The summed E-state index contributed by atoms with van der Waals surface area (Å²) in [5, 5.41) is 0. The lowest BCUT2D eigenvalue weighted by atomic mass is 9.98. The molecule has 23 heavy (non-hydrogen) atoms. The summed E-state index contributed by atoms with van der Waals surface area (Å²) in [4.78, 5) is 12.2. The average Bonchev–Trinajstić information content (AvgIpc) is 2.58. The summed E-state index contributed by atoms with van der Waals surface area (Å²) in [7, 11) is 1.78. The zero-order chi connectivity index (χ0) is 17.1. The summed E-state index contributed by atoms with van der Waals surface area (Å²) in [6.45, 7) is 5.38. The fourth-order valence-corrected chi connectivity index (χ4v) is 2.00. The molecule has 2 atom stereocenters. The first-order valence-electron chi connectivity index (χ1n) is 7.52. The second-order valence-electron chi connectivity index (χ2n) is 4.90. The molecule has 1 rings (SSSR count). The Morgan fingerprint density at radius 1 is 1.43 bits per heavy atom. The molecule has 1 aliphatic carbocycles. The normalized spacial score (nSPS) is 22.4. The van der Waals surface area contributed by atoms with Gasteiger partial charge < -0.3 is 11.5 Å². The van der Waals surface area contributed by atoms with Crippen LogP contribution in [0.3, 0.4) is 0 Å². The maximum atomic E-state index is 6.00. The van der Waals surface area contributed by atoms with Gasteiger partial charge in [-0.1, -0.05) is 31.2 Å². The lowest BCUT2D eigenvalue weighted by molar-refractivity contribution is 0.870. The SMILES string of the molecule is C=N\C=C/C(N)=C(/C=N/C(N)C=CC1C=CC=CC1=NC)CC. The number of nitrogens with zero attached hydrogens (tertiary/aromatic N) is 3. The molecule has 0 aliphatic heterocycles. The molecule has 1 aliphatic rings. The summed E-state index contributed by atoms with van der Waals surface area (Å²) in [6.07, 6.45) is 17.2. The van der Waals surface area contributed by atoms with Crippen molar-refractivity contribution in [3.63, 3.8) is 0 Å². The molecule has 0 bridgehead atoms. The Morgan fingerprint density at radius 2 is 2.22 bits per heavy atom. The van der Waals surface area contributed by atoms with Gasteiger partial charge in [0.05, 0.1) is 0 Å². The molecule has 0 amide bonds. The Hall–Kier alpha value is -2.53. The van der Waals surface area contributed by atoms with Crippen molar-refractivity contribution in [2.45, 2.75) is 19.5 Å². The van der Waals surface area contributed by atoms with Crippen molar-refractivity contribution >= 4 is 18.6 Å². The van der Waals surface area contributed by atoms with E-state index in [0.717, 1.165) is 17.7 Å². The maximum Gasteiger partial charge on any atom is 0.116 e. The van der Waals surface area contributed by atoms with Gasteiger partial charge in [0.2, 0.25) is 0 Å². The number of allylic oxidation sites excluding steroid dienone is 7. The van der Waals surface area contributed by atoms with Crippen molar-refractivity contribution in [1.82, 2.24) is 0 Å². The molecule has 0 fully saturated rings. The van der Waals surface area contributed by atoms with Gasteiger partial charge in [-0.2, -0.15) is 0 Å². The van der Waals surface area contributed by atoms with E-state index in [1.54, 1.807) is 25.5 Å². The highest BCUT2D eigenvalue weighted by Gasteiger charge is 2.08. The largest absolute Gasteiger partial charge is 0.398 e. The first kappa shape index (κ1) is 18.5. The van der Waals surface area contributed by atoms with Gasteiger partial charge in [0.25, 0.3) is 0 Å². The van der Waals surface area contributed by atoms with Crippen LogP contribution in [0.1, 0.15) is 13.3 Å². The Morgan fingerprint density at radius 3 is 2.87 bits per heavy atom. The summed E-state index contributed by atoms with van der Waals surface area (Å²) >= 11 is 0. The minimum Gasteiger partial charge on any atom is -0.398 e. The van der Waals surface area contributed by atoms with Crippen molar-refractivity contribution in [2.75, 3.05) is 7.05 Å². The van der Waals surface area contributed by atoms with E-state index < -0.39 is 6.17 Å². The van der Waals surface area contributed by atoms with Crippen molar-refractivity contribution in [3.8, 4) is 0 Å². The Kier molecular flexibility index (Phi) is 8.24. The van der Waals surface area contributed by atoms with Crippen molar-refractivity contribution < 1.29 is 0 Å². The molecular formula is C18H25N5. The van der Waals surface area contributed by atoms with E-state index in [4.69, 9.17) is 11.5 Å². The Labute approximate surface area is 138 Å². The molecule has 5 nitrogen and oxygen atoms in total. The van der Waals surface area contributed by atoms with Crippen LogP contribution in [0, 0.1) is 5.92 Å². The van der Waals surface area contributed by atoms with Gasteiger partial charge >= 0.3 is 0 Å². The van der Waals surface area contributed by atoms with E-state index in [9.17, 15) is 0 Å². The third-order valence-electron chi connectivity index (χ3n) is 3.33. The first-order chi connectivity index (χ1) is 11.1. The van der Waals surface area contributed by atoms with Crippen LogP contribution in [-0.4, -0.2) is 31.9 Å². The monoisotopic (exact) mass is 311 g/mol. The van der Waals surface area contributed by atoms with Gasteiger partial charge in [0, 0.05) is 36.8 Å². The lowest BCUT2D eigenvalue weighted by Crippen LogP contribution is -2.16. The number of hydrogen-bond donors (Lipinski definition) is 2. The van der Waals surface area contributed by atoms with Gasteiger partial charge in [0.15, 0.2) is 0 Å². The molecule has 0 spiro atoms. The molecule has 0 aromatic heterocycles. The lowest BCUT2D eigenvalue weighted by Gasteiger charge is -2.11. The summed E-state index contributed by atoms with van der Waals surface area (Å²) in [5.74, 6) is 0.138. The molecule has 122 valence electrons. The molecule has 0 heterocycles. The molecule has 0 saturated carbocycles. The van der Waals surface area contributed by atoms with Gasteiger partial charge in [0.1, 0.15) is 6.17 Å². The van der Waals surface area contributed by atoms with E-state index >= 15 is 0 Å². The Bertz CT molecular complexity index is 603. The summed E-state index contributed by atoms with van der Waals surface area (Å²) < 4.78 is 0. The maximum absolute atomic E-state index is 6.00. The first-order valence-corrected chi connectivity index (χ1v) is 7.52. The molecule has 0 aromatic rings. The van der Waals surface area contributed by atoms with Crippen LogP contribution in [0.5, 0.6) is 0 Å². The predicted octanol–water partition coefficient (Wildman–Crippen LogP) is 2.55. The zero-order valence-electron chi connectivity index (χ0n) is 13.8. The molecule has 2 unspecified atom stereocenters. The van der Waals surface area contributed by atoms with Crippen LogP contribution < -0.4 is 11.5 Å². The number of rotatable bonds is 7. The minimum absolute atomic E-state index is 0.138. The fraction of sp³-hybridized carbons (Fsp3) is 0.278. The van der Waals surface area contributed by atoms with E-state index in [0.29, 0.717) is 5.70 Å². The van der Waals surface area contributed by atoms with Gasteiger partial charge in [-0.05, 0) is 36.9 Å². The molecule has 0 aromatic carbocycles. The van der Waals surface area contributed by atoms with Crippen LogP contribution in [0.4, 0.5) is 0 Å². The van der Waals surface area contributed by atoms with Crippen molar-refractivity contribution in [2.24, 2.45) is 32.4 Å². The third-order valence-corrected chi connectivity index (χ3v) is 3.33. The van der Waals surface area contributed by atoms with E-state index in [1.165, 1.54) is 0 Å².